The number of ether oxygens (including phenoxy) is 4. The molecule has 0 aromatic heterocycles. The lowest BCUT2D eigenvalue weighted by atomic mass is 9.93. The van der Waals surface area contributed by atoms with Gasteiger partial charge in [-0.15, -0.1) is 0 Å². The third kappa shape index (κ3) is 4.34. The van der Waals surface area contributed by atoms with Crippen molar-refractivity contribution in [1.29, 1.82) is 0 Å². The summed E-state index contributed by atoms with van der Waals surface area (Å²) in [6, 6.07) is 14.1. The Balaban J connectivity index is 1.54. The van der Waals surface area contributed by atoms with Crippen LogP contribution in [0.2, 0.25) is 0 Å². The topological polar surface area (TPSA) is 69.3 Å². The van der Waals surface area contributed by atoms with E-state index in [2.05, 4.69) is 34.5 Å². The van der Waals surface area contributed by atoms with Crippen molar-refractivity contribution in [2.24, 2.45) is 0 Å². The molecule has 2 aliphatic rings. The number of carbonyl (C=O) groups excluding carboxylic acids is 1. The van der Waals surface area contributed by atoms with Gasteiger partial charge < -0.3 is 24.3 Å². The fourth-order valence-electron chi connectivity index (χ4n) is 4.62. The first-order valence-electron chi connectivity index (χ1n) is 10.7. The maximum Gasteiger partial charge on any atom is 0.253 e. The lowest BCUT2D eigenvalue weighted by Gasteiger charge is -2.48. The molecule has 166 valence electrons. The Hall–Kier alpha value is -2.77. The van der Waals surface area contributed by atoms with Crippen LogP contribution in [0.5, 0.6) is 17.2 Å². The highest BCUT2D eigenvalue weighted by atomic mass is 16.5. The predicted molar refractivity (Wildman–Crippen MR) is 117 cm³/mol. The number of methoxy groups -OCH3 is 3. The van der Waals surface area contributed by atoms with Crippen LogP contribution in [0.4, 0.5) is 0 Å². The molecule has 2 aromatic rings. The molecule has 31 heavy (non-hydrogen) atoms. The van der Waals surface area contributed by atoms with Crippen LogP contribution in [-0.4, -0.2) is 57.6 Å². The normalized spacial score (nSPS) is 23.5. The summed E-state index contributed by atoms with van der Waals surface area (Å²) in [7, 11) is 4.61. The number of fused-ring (bicyclic) bond motifs is 1. The number of piperidine rings is 1. The van der Waals surface area contributed by atoms with E-state index in [1.807, 2.05) is 6.07 Å². The zero-order valence-corrected chi connectivity index (χ0v) is 18.3. The van der Waals surface area contributed by atoms with E-state index < -0.39 is 0 Å². The van der Waals surface area contributed by atoms with E-state index in [-0.39, 0.29) is 24.2 Å². The Morgan fingerprint density at radius 3 is 2.39 bits per heavy atom. The van der Waals surface area contributed by atoms with Crippen molar-refractivity contribution in [3.05, 3.63) is 53.6 Å². The van der Waals surface area contributed by atoms with Gasteiger partial charge in [-0.3, -0.25) is 9.69 Å². The van der Waals surface area contributed by atoms with Gasteiger partial charge in [-0.05, 0) is 37.1 Å². The van der Waals surface area contributed by atoms with E-state index in [9.17, 15) is 4.79 Å². The molecule has 2 aliphatic heterocycles. The van der Waals surface area contributed by atoms with E-state index in [0.29, 0.717) is 29.4 Å². The minimum Gasteiger partial charge on any atom is -0.493 e. The third-order valence-corrected chi connectivity index (χ3v) is 6.16. The van der Waals surface area contributed by atoms with E-state index in [1.54, 1.807) is 12.1 Å². The fourth-order valence-corrected chi connectivity index (χ4v) is 4.62. The van der Waals surface area contributed by atoms with E-state index >= 15 is 0 Å². The first-order valence-corrected chi connectivity index (χ1v) is 10.7. The maximum absolute atomic E-state index is 13.1. The van der Waals surface area contributed by atoms with Crippen LogP contribution in [0.1, 0.15) is 41.2 Å². The number of morpholine rings is 1. The molecule has 7 nitrogen and oxygen atoms in total. The maximum atomic E-state index is 13.1. The molecule has 3 atom stereocenters. The van der Waals surface area contributed by atoms with Crippen molar-refractivity contribution in [3.8, 4) is 17.2 Å². The summed E-state index contributed by atoms with van der Waals surface area (Å²) in [4.78, 5) is 15.6. The quantitative estimate of drug-likeness (QED) is 0.764. The number of benzene rings is 2. The van der Waals surface area contributed by atoms with Crippen LogP contribution in [0.25, 0.3) is 0 Å². The van der Waals surface area contributed by atoms with Gasteiger partial charge in [0, 0.05) is 5.56 Å². The van der Waals surface area contributed by atoms with E-state index in [4.69, 9.17) is 18.9 Å². The third-order valence-electron chi connectivity index (χ3n) is 6.16. The standard InChI is InChI=1S/C24H30N2O5/c1-28-20-13-17(14-21(29-2)22(20)30-3)23(27)25-24-18-11-7-8-12-26(18)19(15-31-24)16-9-5-4-6-10-16/h4-6,9-10,13-14,18-19,24H,7-8,11-12,15H2,1-3H3,(H,25,27)/t18-,19+,24-/m0/s1. The van der Waals surface area contributed by atoms with Gasteiger partial charge in [0.25, 0.3) is 5.91 Å². The van der Waals surface area contributed by atoms with Gasteiger partial charge in [-0.25, -0.2) is 0 Å². The van der Waals surface area contributed by atoms with Crippen molar-refractivity contribution in [2.75, 3.05) is 34.5 Å². The highest BCUT2D eigenvalue weighted by Gasteiger charge is 2.40. The molecule has 2 fully saturated rings. The molecule has 1 amide bonds. The van der Waals surface area contributed by atoms with Gasteiger partial charge in [0.2, 0.25) is 5.75 Å². The molecular weight excluding hydrogens is 396 g/mol. The largest absolute Gasteiger partial charge is 0.493 e. The number of rotatable bonds is 6. The second-order valence-corrected chi connectivity index (χ2v) is 7.87. The summed E-state index contributed by atoms with van der Waals surface area (Å²) in [5.74, 6) is 1.12. The molecule has 2 saturated heterocycles. The van der Waals surface area contributed by atoms with Crippen LogP contribution < -0.4 is 19.5 Å². The summed E-state index contributed by atoms with van der Waals surface area (Å²) in [6.07, 6.45) is 2.91. The Kier molecular flexibility index (Phi) is 6.63. The zero-order valence-electron chi connectivity index (χ0n) is 18.3. The van der Waals surface area contributed by atoms with E-state index in [0.717, 1.165) is 25.8 Å². The summed E-state index contributed by atoms with van der Waals surface area (Å²) in [6.45, 7) is 1.55. The molecule has 2 aromatic carbocycles. The van der Waals surface area contributed by atoms with Crippen LogP contribution >= 0.6 is 0 Å². The highest BCUT2D eigenvalue weighted by molar-refractivity contribution is 5.95. The van der Waals surface area contributed by atoms with Gasteiger partial charge in [0.15, 0.2) is 11.5 Å². The smallest absolute Gasteiger partial charge is 0.253 e. The molecule has 0 unspecified atom stereocenters. The molecule has 0 bridgehead atoms. The highest BCUT2D eigenvalue weighted by Crippen LogP contribution is 2.39. The Bertz CT molecular complexity index is 879. The van der Waals surface area contributed by atoms with Crippen molar-refractivity contribution >= 4 is 5.91 Å². The first-order chi connectivity index (χ1) is 15.2. The number of nitrogens with zero attached hydrogens (tertiary/aromatic N) is 1. The van der Waals surface area contributed by atoms with Crippen LogP contribution in [0, 0.1) is 0 Å². The molecule has 0 radical (unpaired) electrons. The summed E-state index contributed by atoms with van der Waals surface area (Å²) >= 11 is 0. The Morgan fingerprint density at radius 2 is 1.74 bits per heavy atom. The second-order valence-electron chi connectivity index (χ2n) is 7.87. The van der Waals surface area contributed by atoms with Crippen LogP contribution in [-0.2, 0) is 4.74 Å². The fraction of sp³-hybridized carbons (Fsp3) is 0.458. The molecular formula is C24H30N2O5. The number of carbonyl (C=O) groups is 1. The molecule has 2 heterocycles. The van der Waals surface area contributed by atoms with Crippen molar-refractivity contribution in [1.82, 2.24) is 10.2 Å². The molecule has 0 spiro atoms. The molecule has 0 saturated carbocycles. The van der Waals surface area contributed by atoms with Crippen molar-refractivity contribution < 1.29 is 23.7 Å². The lowest BCUT2D eigenvalue weighted by Crippen LogP contribution is -2.60. The van der Waals surface area contributed by atoms with Gasteiger partial charge in [-0.1, -0.05) is 36.8 Å². The van der Waals surface area contributed by atoms with Gasteiger partial charge >= 0.3 is 0 Å². The summed E-state index contributed by atoms with van der Waals surface area (Å²) in [5.41, 5.74) is 1.69. The number of hydrogen-bond acceptors (Lipinski definition) is 6. The van der Waals surface area contributed by atoms with Gasteiger partial charge in [0.1, 0.15) is 6.23 Å². The van der Waals surface area contributed by atoms with Crippen LogP contribution in [0.3, 0.4) is 0 Å². The minimum atomic E-state index is -0.369. The van der Waals surface area contributed by atoms with Crippen molar-refractivity contribution in [2.45, 2.75) is 37.6 Å². The predicted octanol–water partition coefficient (Wildman–Crippen LogP) is 3.39. The van der Waals surface area contributed by atoms with Gasteiger partial charge in [0.05, 0.1) is 40.0 Å². The monoisotopic (exact) mass is 426 g/mol. The number of nitrogens with one attached hydrogen (secondary N) is 1. The number of amides is 1. The second kappa shape index (κ2) is 9.58. The Morgan fingerprint density at radius 1 is 1.03 bits per heavy atom. The van der Waals surface area contributed by atoms with Gasteiger partial charge in [-0.2, -0.15) is 0 Å². The summed E-state index contributed by atoms with van der Waals surface area (Å²) < 4.78 is 22.3. The Labute approximate surface area is 183 Å². The van der Waals surface area contributed by atoms with Crippen LogP contribution in [0.15, 0.2) is 42.5 Å². The summed E-state index contributed by atoms with van der Waals surface area (Å²) in [5, 5.41) is 3.09. The molecule has 0 aliphatic carbocycles. The first kappa shape index (κ1) is 21.5. The molecule has 4 rings (SSSR count). The zero-order chi connectivity index (χ0) is 21.8. The number of hydrogen-bond donors (Lipinski definition) is 1. The lowest BCUT2D eigenvalue weighted by molar-refractivity contribution is -0.125. The SMILES string of the molecule is COc1cc(C(=O)N[C@H]2OC[C@H](c3ccccc3)N3CCCC[C@@H]23)cc(OC)c1OC. The average molecular weight is 427 g/mol. The molecule has 7 heteroatoms. The molecule has 1 N–H and O–H groups in total. The van der Waals surface area contributed by atoms with E-state index in [1.165, 1.54) is 26.9 Å². The minimum absolute atomic E-state index is 0.138. The van der Waals surface area contributed by atoms with Crippen molar-refractivity contribution in [3.63, 3.8) is 0 Å². The average Bonchev–Trinajstić information content (AvgIpc) is 2.83.